The molecule has 1 aromatic heterocycles. The molecule has 1 fully saturated rings. The molecule has 3 unspecified atom stereocenters. The van der Waals surface area contributed by atoms with Gasteiger partial charge in [-0.15, -0.1) is 0 Å². The molecule has 0 amide bonds. The first-order valence-corrected chi connectivity index (χ1v) is 12.0. The Kier molecular flexibility index (Phi) is 7.59. The van der Waals surface area contributed by atoms with Gasteiger partial charge in [-0.1, -0.05) is 5.11 Å². The van der Waals surface area contributed by atoms with E-state index in [9.17, 15) is 28.2 Å². The maximum absolute atomic E-state index is 11.8. The van der Waals surface area contributed by atoms with Crippen LogP contribution in [0.3, 0.4) is 0 Å². The molecule has 1 aliphatic heterocycles. The van der Waals surface area contributed by atoms with E-state index < -0.39 is 59.7 Å². The van der Waals surface area contributed by atoms with Gasteiger partial charge in [0.15, 0.2) is 0 Å². The second-order valence-electron chi connectivity index (χ2n) is 5.54. The van der Waals surface area contributed by atoms with Gasteiger partial charge in [0.2, 0.25) is 0 Å². The summed E-state index contributed by atoms with van der Waals surface area (Å²) in [6.07, 6.45) is -1.33. The normalized spacial score (nSPS) is 25.8. The number of nitrogens with one attached hydrogen (secondary N) is 1. The molecular weight excluding hydrogens is 479 g/mol. The average molecular weight is 493 g/mol. The third kappa shape index (κ3) is 7.25. The van der Waals surface area contributed by atoms with E-state index in [0.717, 1.165) is 16.8 Å². The molecular formula is C9H14N5O13P3. The van der Waals surface area contributed by atoms with Crippen molar-refractivity contribution in [3.63, 3.8) is 0 Å². The van der Waals surface area contributed by atoms with Crippen LogP contribution in [-0.4, -0.2) is 47.9 Å². The summed E-state index contributed by atoms with van der Waals surface area (Å²) in [5, 5.41) is 3.40. The van der Waals surface area contributed by atoms with Gasteiger partial charge in [-0.3, -0.25) is 18.9 Å². The second-order valence-corrected chi connectivity index (χ2v) is 9.96. The van der Waals surface area contributed by atoms with Gasteiger partial charge in [0, 0.05) is 23.6 Å². The zero-order chi connectivity index (χ0) is 22.7. The fourth-order valence-corrected chi connectivity index (χ4v) is 5.38. The molecule has 0 spiro atoms. The Balaban J connectivity index is 2.10. The van der Waals surface area contributed by atoms with E-state index in [-0.39, 0.29) is 6.42 Å². The molecule has 0 saturated carbocycles. The van der Waals surface area contributed by atoms with Gasteiger partial charge < -0.3 is 24.3 Å². The number of hydrogen-bond acceptors (Lipinski definition) is 10. The van der Waals surface area contributed by atoms with E-state index in [1.807, 2.05) is 4.98 Å². The smallest absolute Gasteiger partial charge is 0.352 e. The SMILES string of the molecule is [N-]=[N+]=NC1C[C@H](n2ccc(=O)[nH]c2=O)O[C@@H]1COP(=O)(O)OP(=O)(O)OP(=O)(O)O. The molecule has 0 aliphatic carbocycles. The molecule has 1 aliphatic rings. The van der Waals surface area contributed by atoms with E-state index in [4.69, 9.17) is 24.9 Å². The van der Waals surface area contributed by atoms with Crippen LogP contribution in [-0.2, 0) is 31.6 Å². The summed E-state index contributed by atoms with van der Waals surface area (Å²) < 4.78 is 51.6. The standard InChI is InChI=1S/C9H14N5O13P3/c10-13-12-5-3-8(14-2-1-7(15)11-9(14)16)25-6(5)4-24-29(20,21)27-30(22,23)26-28(17,18)19/h1-2,5-6,8H,3-4H2,(H,20,21)(H,22,23)(H,11,15,16)(H2,17,18,19)/t5?,6-,8-/m1/s1. The van der Waals surface area contributed by atoms with Crippen molar-refractivity contribution in [1.29, 1.82) is 0 Å². The predicted molar refractivity (Wildman–Crippen MR) is 92.6 cm³/mol. The first kappa shape index (κ1) is 24.6. The molecule has 2 heterocycles. The fraction of sp³-hybridized carbons (Fsp3) is 0.556. The fourth-order valence-electron chi connectivity index (χ4n) is 2.35. The lowest BCUT2D eigenvalue weighted by Gasteiger charge is -2.19. The number of aromatic amines is 1. The van der Waals surface area contributed by atoms with Crippen LogP contribution in [0, 0.1) is 0 Å². The molecule has 30 heavy (non-hydrogen) atoms. The number of aromatic nitrogens is 2. The zero-order valence-electron chi connectivity index (χ0n) is 14.4. The largest absolute Gasteiger partial charge is 0.490 e. The van der Waals surface area contributed by atoms with Gasteiger partial charge in [-0.2, -0.15) is 8.62 Å². The lowest BCUT2D eigenvalue weighted by molar-refractivity contribution is -0.0267. The van der Waals surface area contributed by atoms with E-state index >= 15 is 0 Å². The molecule has 21 heteroatoms. The number of phosphoric acid groups is 3. The monoisotopic (exact) mass is 493 g/mol. The number of H-pyrrole nitrogens is 1. The number of rotatable bonds is 9. The van der Waals surface area contributed by atoms with Crippen LogP contribution >= 0.6 is 23.5 Å². The quantitative estimate of drug-likeness (QED) is 0.130. The Morgan fingerprint density at radius 2 is 1.90 bits per heavy atom. The zero-order valence-corrected chi connectivity index (χ0v) is 17.1. The molecule has 18 nitrogen and oxygen atoms in total. The highest BCUT2D eigenvalue weighted by molar-refractivity contribution is 7.66. The second kappa shape index (κ2) is 9.24. The molecule has 168 valence electrons. The van der Waals surface area contributed by atoms with Crippen molar-refractivity contribution in [1.82, 2.24) is 9.55 Å². The Bertz CT molecular complexity index is 1090. The van der Waals surface area contributed by atoms with E-state index in [0.29, 0.717) is 0 Å². The highest BCUT2D eigenvalue weighted by atomic mass is 31.3. The molecule has 2 rings (SSSR count). The lowest BCUT2D eigenvalue weighted by atomic mass is 10.1. The van der Waals surface area contributed by atoms with Crippen LogP contribution in [0.15, 0.2) is 27.0 Å². The third-order valence-electron chi connectivity index (χ3n) is 3.38. The van der Waals surface area contributed by atoms with Gasteiger partial charge in [0.05, 0.1) is 18.8 Å². The Hall–Kier alpha value is -1.64. The number of phosphoric ester groups is 1. The van der Waals surface area contributed by atoms with Crippen molar-refractivity contribution in [2.75, 3.05) is 6.61 Å². The van der Waals surface area contributed by atoms with Crippen LogP contribution in [0.5, 0.6) is 0 Å². The first-order chi connectivity index (χ1) is 13.7. The molecule has 5 N–H and O–H groups in total. The highest BCUT2D eigenvalue weighted by Gasteiger charge is 2.43. The number of hydrogen-bond donors (Lipinski definition) is 5. The highest BCUT2D eigenvalue weighted by Crippen LogP contribution is 2.66. The summed E-state index contributed by atoms with van der Waals surface area (Å²) in [6, 6.07) is -0.0155. The average Bonchev–Trinajstić information content (AvgIpc) is 2.92. The first-order valence-electron chi connectivity index (χ1n) is 7.51. The Labute approximate surface area is 165 Å². The molecule has 1 aromatic rings. The maximum Gasteiger partial charge on any atom is 0.490 e. The minimum absolute atomic E-state index is 0.111. The Morgan fingerprint density at radius 1 is 1.23 bits per heavy atom. The summed E-state index contributed by atoms with van der Waals surface area (Å²) >= 11 is 0. The molecule has 5 atom stereocenters. The third-order valence-corrected chi connectivity index (χ3v) is 7.19. The van der Waals surface area contributed by atoms with Crippen LogP contribution in [0.4, 0.5) is 0 Å². The van der Waals surface area contributed by atoms with Crippen LogP contribution in [0.1, 0.15) is 12.6 Å². The van der Waals surface area contributed by atoms with Gasteiger partial charge >= 0.3 is 29.2 Å². The van der Waals surface area contributed by atoms with Crippen LogP contribution in [0.2, 0.25) is 0 Å². The molecule has 0 aromatic carbocycles. The number of nitrogens with zero attached hydrogens (tertiary/aromatic N) is 4. The summed E-state index contributed by atoms with van der Waals surface area (Å²) in [7, 11) is -16.7. The van der Waals surface area contributed by atoms with Crippen LogP contribution in [0.25, 0.3) is 10.4 Å². The van der Waals surface area contributed by atoms with E-state index in [2.05, 4.69) is 23.2 Å². The summed E-state index contributed by atoms with van der Waals surface area (Å²) in [5.41, 5.74) is 7.12. The number of ether oxygens (including phenoxy) is 1. The molecule has 0 radical (unpaired) electrons. The molecule has 0 bridgehead atoms. The van der Waals surface area contributed by atoms with Crippen molar-refractivity contribution < 1.29 is 51.2 Å². The Morgan fingerprint density at radius 3 is 2.47 bits per heavy atom. The predicted octanol–water partition coefficient (Wildman–Crippen LogP) is -0.154. The van der Waals surface area contributed by atoms with Crippen molar-refractivity contribution in [2.24, 2.45) is 5.11 Å². The van der Waals surface area contributed by atoms with E-state index in [1.165, 1.54) is 0 Å². The van der Waals surface area contributed by atoms with Crippen LogP contribution < -0.4 is 11.2 Å². The summed E-state index contributed by atoms with van der Waals surface area (Å²) in [4.78, 5) is 63.0. The summed E-state index contributed by atoms with van der Waals surface area (Å²) in [5.74, 6) is 0. The van der Waals surface area contributed by atoms with Gasteiger partial charge in [-0.05, 0) is 5.53 Å². The van der Waals surface area contributed by atoms with Gasteiger partial charge in [0.25, 0.3) is 5.56 Å². The van der Waals surface area contributed by atoms with Gasteiger partial charge in [0.1, 0.15) is 6.23 Å². The minimum atomic E-state index is -5.70. The lowest BCUT2D eigenvalue weighted by Crippen LogP contribution is -2.31. The van der Waals surface area contributed by atoms with Gasteiger partial charge in [-0.25, -0.2) is 18.5 Å². The van der Waals surface area contributed by atoms with Crippen molar-refractivity contribution >= 4 is 23.5 Å². The van der Waals surface area contributed by atoms with Crippen molar-refractivity contribution in [3.8, 4) is 0 Å². The van der Waals surface area contributed by atoms with Crippen molar-refractivity contribution in [2.45, 2.75) is 24.8 Å². The maximum atomic E-state index is 11.8. The summed E-state index contributed by atoms with van der Waals surface area (Å²) in [6.45, 7) is -0.873. The molecule has 1 saturated heterocycles. The van der Waals surface area contributed by atoms with Crippen molar-refractivity contribution in [3.05, 3.63) is 43.5 Å². The van der Waals surface area contributed by atoms with E-state index in [1.54, 1.807) is 0 Å². The number of azide groups is 1. The topological polar surface area (TPSA) is 273 Å². The minimum Gasteiger partial charge on any atom is -0.352 e.